The largest absolute Gasteiger partial charge is 0.586 e. The fourth-order valence-corrected chi connectivity index (χ4v) is 4.55. The van der Waals surface area contributed by atoms with Crippen LogP contribution in [0, 0.1) is 6.92 Å². The molecular weight excluding hydrogens is 540 g/mol. The Hall–Kier alpha value is -4.58. The van der Waals surface area contributed by atoms with E-state index in [9.17, 15) is 23.2 Å². The van der Waals surface area contributed by atoms with Crippen molar-refractivity contribution in [1.29, 1.82) is 0 Å². The smallest absolute Gasteiger partial charge is 0.481 e. The van der Waals surface area contributed by atoms with Gasteiger partial charge in [0, 0.05) is 17.7 Å². The SMILES string of the molecule is Cc1ccc(NC(=O)C2(c3ccc4c(c3)OC(F)(F)O4)CC2)nc1-c1cccc(C(=O)NCCOCCC(=O)O)c1. The van der Waals surface area contributed by atoms with Gasteiger partial charge in [-0.3, -0.25) is 14.4 Å². The van der Waals surface area contributed by atoms with Crippen LogP contribution in [0.25, 0.3) is 11.3 Å². The first-order valence-electron chi connectivity index (χ1n) is 12.9. The molecule has 2 heterocycles. The minimum atomic E-state index is -3.74. The molecule has 1 saturated carbocycles. The zero-order valence-electron chi connectivity index (χ0n) is 22.0. The number of aryl methyl sites for hydroxylation is 1. The van der Waals surface area contributed by atoms with E-state index in [1.165, 1.54) is 12.1 Å². The van der Waals surface area contributed by atoms with Crippen molar-refractivity contribution in [1.82, 2.24) is 10.3 Å². The van der Waals surface area contributed by atoms with Crippen LogP contribution in [0.3, 0.4) is 0 Å². The van der Waals surface area contributed by atoms with E-state index in [0.717, 1.165) is 5.56 Å². The second kappa shape index (κ2) is 11.1. The molecule has 10 nitrogen and oxygen atoms in total. The zero-order chi connectivity index (χ0) is 29.2. The van der Waals surface area contributed by atoms with Gasteiger partial charge in [0.25, 0.3) is 5.91 Å². The van der Waals surface area contributed by atoms with Gasteiger partial charge in [-0.15, -0.1) is 8.78 Å². The quantitative estimate of drug-likeness (QED) is 0.292. The highest BCUT2D eigenvalue weighted by molar-refractivity contribution is 6.01. The topological polar surface area (TPSA) is 136 Å². The van der Waals surface area contributed by atoms with Crippen LogP contribution in [0.4, 0.5) is 14.6 Å². The number of anilines is 1. The lowest BCUT2D eigenvalue weighted by Gasteiger charge is -2.17. The number of carboxylic acid groups (broad SMARTS) is 1. The maximum absolute atomic E-state index is 13.4. The molecule has 12 heteroatoms. The molecular formula is C29H27F2N3O7. The van der Waals surface area contributed by atoms with E-state index in [4.69, 9.17) is 9.84 Å². The van der Waals surface area contributed by atoms with E-state index in [2.05, 4.69) is 25.1 Å². The number of halogens is 2. The summed E-state index contributed by atoms with van der Waals surface area (Å²) < 4.78 is 41.1. The minimum Gasteiger partial charge on any atom is -0.481 e. The summed E-state index contributed by atoms with van der Waals surface area (Å²) in [5.41, 5.74) is 2.12. The molecule has 1 fully saturated rings. The lowest BCUT2D eigenvalue weighted by molar-refractivity contribution is -0.286. The number of amides is 2. The van der Waals surface area contributed by atoms with E-state index in [1.54, 1.807) is 42.5 Å². The number of hydrogen-bond donors (Lipinski definition) is 3. The molecule has 0 bridgehead atoms. The number of aliphatic carboxylic acids is 1. The Labute approximate surface area is 233 Å². The maximum atomic E-state index is 13.4. The molecule has 1 aromatic heterocycles. The number of fused-ring (bicyclic) bond motifs is 1. The highest BCUT2D eigenvalue weighted by Crippen LogP contribution is 2.52. The first kappa shape index (κ1) is 28.0. The van der Waals surface area contributed by atoms with Gasteiger partial charge in [-0.1, -0.05) is 24.3 Å². The first-order valence-corrected chi connectivity index (χ1v) is 12.9. The molecule has 3 N–H and O–H groups in total. The number of nitrogens with zero attached hydrogens (tertiary/aromatic N) is 1. The third-order valence-electron chi connectivity index (χ3n) is 6.87. The summed E-state index contributed by atoms with van der Waals surface area (Å²) >= 11 is 0. The minimum absolute atomic E-state index is 0.0647. The van der Waals surface area contributed by atoms with Crippen LogP contribution in [-0.4, -0.2) is 53.9 Å². The number of pyridine rings is 1. The number of ether oxygens (including phenoxy) is 3. The molecule has 2 amide bonds. The molecule has 1 aliphatic heterocycles. The van der Waals surface area contributed by atoms with Crippen molar-refractivity contribution >= 4 is 23.6 Å². The van der Waals surface area contributed by atoms with Gasteiger partial charge in [0.15, 0.2) is 11.5 Å². The number of carboxylic acids is 1. The Morgan fingerprint density at radius 3 is 2.56 bits per heavy atom. The van der Waals surface area contributed by atoms with Crippen molar-refractivity contribution in [2.45, 2.75) is 37.9 Å². The number of alkyl halides is 2. The summed E-state index contributed by atoms with van der Waals surface area (Å²) in [6, 6.07) is 14.7. The van der Waals surface area contributed by atoms with Crippen LogP contribution >= 0.6 is 0 Å². The van der Waals surface area contributed by atoms with Crippen LogP contribution in [0.1, 0.15) is 40.7 Å². The number of aromatic nitrogens is 1. The Morgan fingerprint density at radius 1 is 1.02 bits per heavy atom. The monoisotopic (exact) mass is 567 g/mol. The predicted octanol–water partition coefficient (Wildman–Crippen LogP) is 4.27. The van der Waals surface area contributed by atoms with Gasteiger partial charge in [-0.2, -0.15) is 0 Å². The first-order chi connectivity index (χ1) is 19.6. The van der Waals surface area contributed by atoms with Gasteiger partial charge in [0.1, 0.15) is 5.82 Å². The zero-order valence-corrected chi connectivity index (χ0v) is 22.0. The Morgan fingerprint density at radius 2 is 1.80 bits per heavy atom. The summed E-state index contributed by atoms with van der Waals surface area (Å²) in [5, 5.41) is 14.2. The Bertz CT molecular complexity index is 1510. The van der Waals surface area contributed by atoms with E-state index in [1.807, 2.05) is 6.92 Å². The van der Waals surface area contributed by atoms with Crippen LogP contribution < -0.4 is 20.1 Å². The van der Waals surface area contributed by atoms with Crippen LogP contribution in [-0.2, 0) is 19.7 Å². The van der Waals surface area contributed by atoms with Crippen molar-refractivity contribution in [2.75, 3.05) is 25.1 Å². The molecule has 0 unspecified atom stereocenters. The summed E-state index contributed by atoms with van der Waals surface area (Å²) in [6.07, 6.45) is -2.77. The Kier molecular flexibility index (Phi) is 7.59. The van der Waals surface area contributed by atoms with Crippen LogP contribution in [0.2, 0.25) is 0 Å². The molecule has 2 aromatic carbocycles. The lowest BCUT2D eigenvalue weighted by atomic mass is 9.94. The number of benzene rings is 2. The number of carbonyl (C=O) groups is 3. The summed E-state index contributed by atoms with van der Waals surface area (Å²) in [6.45, 7) is 2.32. The average molecular weight is 568 g/mol. The van der Waals surface area contributed by atoms with Gasteiger partial charge in [-0.25, -0.2) is 4.98 Å². The normalized spacial score (nSPS) is 15.7. The van der Waals surface area contributed by atoms with E-state index < -0.39 is 17.7 Å². The van der Waals surface area contributed by atoms with E-state index in [0.29, 0.717) is 41.0 Å². The third-order valence-corrected chi connectivity index (χ3v) is 6.87. The second-order valence-corrected chi connectivity index (χ2v) is 9.82. The van der Waals surface area contributed by atoms with Crippen LogP contribution in [0.5, 0.6) is 11.5 Å². The standard InChI is InChI=1S/C29H27F2N3O7/c1-17-5-8-23(34-27(38)28(10-11-28)20-6-7-21-22(16-20)41-29(30,31)40-21)33-25(17)18-3-2-4-19(15-18)26(37)32-12-14-39-13-9-24(35)36/h2-8,15-16H,9-14H2,1H3,(H,32,37)(H,35,36)(H,33,34,38). The predicted molar refractivity (Wildman–Crippen MR) is 142 cm³/mol. The van der Waals surface area contributed by atoms with Crippen molar-refractivity contribution in [3.63, 3.8) is 0 Å². The summed E-state index contributed by atoms with van der Waals surface area (Å²) in [7, 11) is 0. The maximum Gasteiger partial charge on any atom is 0.586 e. The molecule has 2 aliphatic rings. The third kappa shape index (κ3) is 6.27. The second-order valence-electron chi connectivity index (χ2n) is 9.82. The van der Waals surface area contributed by atoms with Crippen molar-refractivity contribution < 1.29 is 42.5 Å². The van der Waals surface area contributed by atoms with E-state index >= 15 is 0 Å². The average Bonchev–Trinajstić information content (AvgIpc) is 3.68. The molecule has 0 atom stereocenters. The molecule has 0 saturated heterocycles. The highest BCUT2D eigenvalue weighted by Gasteiger charge is 2.53. The van der Waals surface area contributed by atoms with Gasteiger partial charge >= 0.3 is 12.3 Å². The van der Waals surface area contributed by atoms with Gasteiger partial charge < -0.3 is 30.0 Å². The van der Waals surface area contributed by atoms with Crippen molar-refractivity contribution in [2.24, 2.45) is 0 Å². The molecule has 5 rings (SSSR count). The molecule has 41 heavy (non-hydrogen) atoms. The molecule has 0 radical (unpaired) electrons. The molecule has 1 aliphatic carbocycles. The number of nitrogens with one attached hydrogen (secondary N) is 2. The fraction of sp³-hybridized carbons (Fsp3) is 0.310. The van der Waals surface area contributed by atoms with Gasteiger partial charge in [0.05, 0.1) is 30.7 Å². The number of hydrogen-bond acceptors (Lipinski definition) is 7. The number of carbonyl (C=O) groups excluding carboxylic acids is 2. The van der Waals surface area contributed by atoms with Crippen molar-refractivity contribution in [3.05, 3.63) is 71.3 Å². The fourth-order valence-electron chi connectivity index (χ4n) is 4.55. The molecule has 3 aromatic rings. The molecule has 214 valence electrons. The van der Waals surface area contributed by atoms with E-state index in [-0.39, 0.29) is 49.5 Å². The molecule has 0 spiro atoms. The van der Waals surface area contributed by atoms with Gasteiger partial charge in [0.2, 0.25) is 5.91 Å². The van der Waals surface area contributed by atoms with Crippen LogP contribution in [0.15, 0.2) is 54.6 Å². The summed E-state index contributed by atoms with van der Waals surface area (Å²) in [4.78, 5) is 41.1. The summed E-state index contributed by atoms with van der Waals surface area (Å²) in [5.74, 6) is -1.49. The Balaban J connectivity index is 1.26. The lowest BCUT2D eigenvalue weighted by Crippen LogP contribution is -2.28. The van der Waals surface area contributed by atoms with Gasteiger partial charge in [-0.05, 0) is 61.2 Å². The highest BCUT2D eigenvalue weighted by atomic mass is 19.3. The van der Waals surface area contributed by atoms with Crippen molar-refractivity contribution in [3.8, 4) is 22.8 Å². The number of rotatable bonds is 11.